The number of amides is 2. The zero-order chi connectivity index (χ0) is 16.6. The van der Waals surface area contributed by atoms with Gasteiger partial charge in [0.25, 0.3) is 0 Å². The second-order valence-corrected chi connectivity index (χ2v) is 7.15. The first kappa shape index (κ1) is 16.0. The second kappa shape index (κ2) is 5.98. The summed E-state index contributed by atoms with van der Waals surface area (Å²) in [6, 6.07) is 2.08. The van der Waals surface area contributed by atoms with Gasteiger partial charge in [-0.1, -0.05) is 0 Å². The minimum absolute atomic E-state index is 0.0900. The first-order valence-corrected chi connectivity index (χ1v) is 8.50. The molecule has 3 heterocycles. The lowest BCUT2D eigenvalue weighted by molar-refractivity contribution is -0.139. The van der Waals surface area contributed by atoms with E-state index in [-0.39, 0.29) is 29.9 Å². The topological polar surface area (TPSA) is 67.2 Å². The SMILES string of the molecule is Cc1cc(C)n(CC(=O)N2CCC[C@]3(C)NC(=O)CCC[C@H]23)n1. The van der Waals surface area contributed by atoms with Crippen LogP contribution in [0.4, 0.5) is 0 Å². The third-order valence-corrected chi connectivity index (χ3v) is 5.22. The molecule has 2 aliphatic rings. The Hall–Kier alpha value is -1.85. The van der Waals surface area contributed by atoms with Gasteiger partial charge in [0.15, 0.2) is 0 Å². The quantitative estimate of drug-likeness (QED) is 0.899. The normalized spacial score (nSPS) is 28.0. The molecule has 0 aliphatic carbocycles. The van der Waals surface area contributed by atoms with E-state index in [0.29, 0.717) is 6.42 Å². The molecule has 0 unspecified atom stereocenters. The van der Waals surface area contributed by atoms with Crippen LogP contribution in [0.2, 0.25) is 0 Å². The maximum absolute atomic E-state index is 12.9. The molecule has 2 amide bonds. The van der Waals surface area contributed by atoms with E-state index in [1.807, 2.05) is 24.8 Å². The summed E-state index contributed by atoms with van der Waals surface area (Å²) in [6.45, 7) is 7.05. The average Bonchev–Trinajstić information content (AvgIpc) is 2.68. The number of aromatic nitrogens is 2. The average molecular weight is 318 g/mol. The van der Waals surface area contributed by atoms with Gasteiger partial charge in [0.2, 0.25) is 11.8 Å². The standard InChI is InChI=1S/C17H26N4O2/c1-12-10-13(2)21(19-12)11-16(23)20-9-5-8-17(3)14(20)6-4-7-15(22)18-17/h10,14H,4-9,11H2,1-3H3,(H,18,22)/t14-,17-/m0/s1. The fourth-order valence-electron chi connectivity index (χ4n) is 4.09. The number of aryl methyl sites for hydroxylation is 2. The number of fused-ring (bicyclic) bond motifs is 1. The summed E-state index contributed by atoms with van der Waals surface area (Å²) in [5.41, 5.74) is 1.64. The number of nitrogens with one attached hydrogen (secondary N) is 1. The Balaban J connectivity index is 1.79. The molecule has 0 spiro atoms. The molecule has 2 fully saturated rings. The Bertz CT molecular complexity index is 624. The van der Waals surface area contributed by atoms with Gasteiger partial charge in [0.05, 0.1) is 17.3 Å². The van der Waals surface area contributed by atoms with Gasteiger partial charge in [-0.15, -0.1) is 0 Å². The summed E-state index contributed by atoms with van der Waals surface area (Å²) in [7, 11) is 0. The molecule has 126 valence electrons. The van der Waals surface area contributed by atoms with Crippen molar-refractivity contribution in [2.24, 2.45) is 0 Å². The van der Waals surface area contributed by atoms with Crippen molar-refractivity contribution in [2.75, 3.05) is 6.54 Å². The number of hydrogen-bond acceptors (Lipinski definition) is 3. The van der Waals surface area contributed by atoms with Gasteiger partial charge in [0.1, 0.15) is 6.54 Å². The van der Waals surface area contributed by atoms with Crippen LogP contribution in [-0.4, -0.2) is 44.6 Å². The zero-order valence-corrected chi connectivity index (χ0v) is 14.3. The smallest absolute Gasteiger partial charge is 0.244 e. The van der Waals surface area contributed by atoms with Gasteiger partial charge in [-0.3, -0.25) is 14.3 Å². The maximum Gasteiger partial charge on any atom is 0.244 e. The predicted molar refractivity (Wildman–Crippen MR) is 86.8 cm³/mol. The number of nitrogens with zero attached hydrogens (tertiary/aromatic N) is 3. The van der Waals surface area contributed by atoms with Crippen LogP contribution in [0.15, 0.2) is 6.07 Å². The molecule has 1 aromatic rings. The molecule has 0 bridgehead atoms. The van der Waals surface area contributed by atoms with Crippen LogP contribution in [0.25, 0.3) is 0 Å². The van der Waals surface area contributed by atoms with Crippen LogP contribution in [0, 0.1) is 13.8 Å². The Morgan fingerprint density at radius 3 is 2.91 bits per heavy atom. The van der Waals surface area contributed by atoms with Crippen LogP contribution < -0.4 is 5.32 Å². The van der Waals surface area contributed by atoms with Gasteiger partial charge in [-0.05, 0) is 52.5 Å². The Morgan fingerprint density at radius 2 is 2.22 bits per heavy atom. The second-order valence-electron chi connectivity index (χ2n) is 7.15. The largest absolute Gasteiger partial charge is 0.349 e. The van der Waals surface area contributed by atoms with Crippen LogP contribution >= 0.6 is 0 Å². The van der Waals surface area contributed by atoms with E-state index < -0.39 is 0 Å². The van der Waals surface area contributed by atoms with Gasteiger partial charge in [-0.25, -0.2) is 0 Å². The van der Waals surface area contributed by atoms with Gasteiger partial charge in [0, 0.05) is 18.7 Å². The van der Waals surface area contributed by atoms with E-state index in [4.69, 9.17) is 0 Å². The lowest BCUT2D eigenvalue weighted by atomic mass is 9.81. The monoisotopic (exact) mass is 318 g/mol. The Kier molecular flexibility index (Phi) is 4.17. The first-order valence-electron chi connectivity index (χ1n) is 8.50. The van der Waals surface area contributed by atoms with Gasteiger partial charge < -0.3 is 10.2 Å². The Morgan fingerprint density at radius 1 is 1.43 bits per heavy atom. The summed E-state index contributed by atoms with van der Waals surface area (Å²) in [6.07, 6.45) is 4.16. The summed E-state index contributed by atoms with van der Waals surface area (Å²) in [5, 5.41) is 7.56. The minimum Gasteiger partial charge on any atom is -0.349 e. The highest BCUT2D eigenvalue weighted by Crippen LogP contribution is 2.33. The molecule has 2 atom stereocenters. The number of carbonyl (C=O) groups is 2. The summed E-state index contributed by atoms with van der Waals surface area (Å²) < 4.78 is 1.78. The van der Waals surface area contributed by atoms with Gasteiger partial charge >= 0.3 is 0 Å². The fourth-order valence-corrected chi connectivity index (χ4v) is 4.09. The number of carbonyl (C=O) groups excluding carboxylic acids is 2. The van der Waals surface area contributed by atoms with Crippen molar-refractivity contribution in [2.45, 2.75) is 71.0 Å². The number of likely N-dealkylation sites (tertiary alicyclic amines) is 1. The van der Waals surface area contributed by atoms with E-state index in [9.17, 15) is 9.59 Å². The molecule has 3 rings (SSSR count). The van der Waals surface area contributed by atoms with Crippen LogP contribution in [0.5, 0.6) is 0 Å². The van der Waals surface area contributed by atoms with Crippen molar-refractivity contribution in [1.82, 2.24) is 20.0 Å². The van der Waals surface area contributed by atoms with E-state index in [0.717, 1.165) is 43.6 Å². The molecule has 2 saturated heterocycles. The molecule has 6 nitrogen and oxygen atoms in total. The summed E-state index contributed by atoms with van der Waals surface area (Å²) >= 11 is 0. The molecular formula is C17H26N4O2. The fraction of sp³-hybridized carbons (Fsp3) is 0.706. The number of rotatable bonds is 2. The van der Waals surface area contributed by atoms with Crippen molar-refractivity contribution >= 4 is 11.8 Å². The first-order chi connectivity index (χ1) is 10.9. The van der Waals surface area contributed by atoms with E-state index in [2.05, 4.69) is 17.3 Å². The summed E-state index contributed by atoms with van der Waals surface area (Å²) in [4.78, 5) is 26.8. The van der Waals surface area contributed by atoms with Crippen LogP contribution in [0.3, 0.4) is 0 Å². The third-order valence-electron chi connectivity index (χ3n) is 5.22. The molecule has 0 aromatic carbocycles. The Labute approximate surface area is 137 Å². The molecule has 6 heteroatoms. The molecular weight excluding hydrogens is 292 g/mol. The molecule has 2 aliphatic heterocycles. The summed E-state index contributed by atoms with van der Waals surface area (Å²) in [5.74, 6) is 0.214. The lowest BCUT2D eigenvalue weighted by Crippen LogP contribution is -2.63. The highest BCUT2D eigenvalue weighted by atomic mass is 16.2. The molecule has 1 aromatic heterocycles. The molecule has 0 saturated carbocycles. The molecule has 0 radical (unpaired) electrons. The van der Waals surface area contributed by atoms with E-state index in [1.165, 1.54) is 0 Å². The van der Waals surface area contributed by atoms with Crippen molar-refractivity contribution in [3.05, 3.63) is 17.5 Å². The van der Waals surface area contributed by atoms with Crippen LogP contribution in [-0.2, 0) is 16.1 Å². The molecule has 23 heavy (non-hydrogen) atoms. The van der Waals surface area contributed by atoms with Crippen LogP contribution in [0.1, 0.15) is 50.4 Å². The zero-order valence-electron chi connectivity index (χ0n) is 14.3. The van der Waals surface area contributed by atoms with Crippen molar-refractivity contribution in [1.29, 1.82) is 0 Å². The lowest BCUT2D eigenvalue weighted by Gasteiger charge is -2.47. The van der Waals surface area contributed by atoms with Gasteiger partial charge in [-0.2, -0.15) is 5.10 Å². The highest BCUT2D eigenvalue weighted by Gasteiger charge is 2.44. The van der Waals surface area contributed by atoms with E-state index in [1.54, 1.807) is 4.68 Å². The minimum atomic E-state index is -0.295. The van der Waals surface area contributed by atoms with Crippen molar-refractivity contribution in [3.63, 3.8) is 0 Å². The highest BCUT2D eigenvalue weighted by molar-refractivity contribution is 5.79. The predicted octanol–water partition coefficient (Wildman–Crippen LogP) is 1.55. The van der Waals surface area contributed by atoms with Crippen molar-refractivity contribution < 1.29 is 9.59 Å². The number of piperidine rings is 1. The molecule has 1 N–H and O–H groups in total. The third kappa shape index (κ3) is 3.12. The maximum atomic E-state index is 12.9. The van der Waals surface area contributed by atoms with E-state index >= 15 is 0 Å². The van der Waals surface area contributed by atoms with Crippen molar-refractivity contribution in [3.8, 4) is 0 Å². The number of hydrogen-bond donors (Lipinski definition) is 1.